The molecule has 0 aromatic carbocycles. The first-order chi connectivity index (χ1) is 6.50. The SMILES string of the molecule is Cc1ccc(=O)n(CC(C)C(=O)O)n1. The number of hydrogen-bond donors (Lipinski definition) is 1. The highest BCUT2D eigenvalue weighted by Crippen LogP contribution is 1.97. The maximum absolute atomic E-state index is 11.2. The Balaban J connectivity index is 2.91. The lowest BCUT2D eigenvalue weighted by Crippen LogP contribution is -2.28. The fourth-order valence-electron chi connectivity index (χ4n) is 1.02. The summed E-state index contributed by atoms with van der Waals surface area (Å²) in [4.78, 5) is 21.8. The van der Waals surface area contributed by atoms with E-state index in [4.69, 9.17) is 5.11 Å². The number of carbonyl (C=O) groups is 1. The summed E-state index contributed by atoms with van der Waals surface area (Å²) in [5.74, 6) is -1.54. The molecule has 1 aromatic rings. The van der Waals surface area contributed by atoms with Crippen molar-refractivity contribution in [3.63, 3.8) is 0 Å². The third-order valence-corrected chi connectivity index (χ3v) is 1.87. The largest absolute Gasteiger partial charge is 0.481 e. The second-order valence-corrected chi connectivity index (χ2v) is 3.23. The monoisotopic (exact) mass is 196 g/mol. The van der Waals surface area contributed by atoms with Gasteiger partial charge < -0.3 is 5.11 Å². The Bertz CT molecular complexity index is 397. The Labute approximate surface area is 81.0 Å². The van der Waals surface area contributed by atoms with Crippen molar-refractivity contribution in [2.75, 3.05) is 0 Å². The molecule has 0 amide bonds. The molecule has 0 saturated heterocycles. The van der Waals surface area contributed by atoms with Gasteiger partial charge in [-0.1, -0.05) is 6.92 Å². The quantitative estimate of drug-likeness (QED) is 0.753. The van der Waals surface area contributed by atoms with E-state index in [0.717, 1.165) is 0 Å². The summed E-state index contributed by atoms with van der Waals surface area (Å²) in [5.41, 5.74) is 0.422. The molecule has 1 unspecified atom stereocenters. The zero-order valence-electron chi connectivity index (χ0n) is 8.10. The van der Waals surface area contributed by atoms with Gasteiger partial charge in [-0.3, -0.25) is 9.59 Å². The van der Waals surface area contributed by atoms with Crippen LogP contribution in [0.15, 0.2) is 16.9 Å². The summed E-state index contributed by atoms with van der Waals surface area (Å²) in [7, 11) is 0. The van der Waals surface area contributed by atoms with Gasteiger partial charge in [0, 0.05) is 6.07 Å². The number of aliphatic carboxylic acids is 1. The summed E-state index contributed by atoms with van der Waals surface area (Å²) < 4.78 is 1.17. The van der Waals surface area contributed by atoms with Crippen LogP contribution in [-0.4, -0.2) is 20.9 Å². The van der Waals surface area contributed by atoms with Gasteiger partial charge in [0.25, 0.3) is 5.56 Å². The van der Waals surface area contributed by atoms with E-state index in [-0.39, 0.29) is 12.1 Å². The van der Waals surface area contributed by atoms with Crippen LogP contribution in [0.1, 0.15) is 12.6 Å². The van der Waals surface area contributed by atoms with Gasteiger partial charge in [-0.15, -0.1) is 0 Å². The Hall–Kier alpha value is -1.65. The van der Waals surface area contributed by atoms with Gasteiger partial charge in [0.2, 0.25) is 0 Å². The fourth-order valence-corrected chi connectivity index (χ4v) is 1.02. The van der Waals surface area contributed by atoms with Crippen LogP contribution in [0, 0.1) is 12.8 Å². The maximum atomic E-state index is 11.2. The van der Waals surface area contributed by atoms with Crippen LogP contribution in [0.5, 0.6) is 0 Å². The molecular formula is C9H12N2O3. The van der Waals surface area contributed by atoms with E-state index in [1.54, 1.807) is 19.9 Å². The van der Waals surface area contributed by atoms with Crippen LogP contribution in [0.2, 0.25) is 0 Å². The van der Waals surface area contributed by atoms with Crippen molar-refractivity contribution in [1.29, 1.82) is 0 Å². The lowest BCUT2D eigenvalue weighted by molar-refractivity contribution is -0.141. The van der Waals surface area contributed by atoms with Gasteiger partial charge in [-0.2, -0.15) is 5.10 Å². The van der Waals surface area contributed by atoms with E-state index >= 15 is 0 Å². The Morgan fingerprint density at radius 1 is 1.64 bits per heavy atom. The molecule has 1 rings (SSSR count). The normalized spacial score (nSPS) is 12.4. The molecule has 5 heteroatoms. The van der Waals surface area contributed by atoms with Crippen molar-refractivity contribution in [2.24, 2.45) is 5.92 Å². The minimum absolute atomic E-state index is 0.107. The predicted octanol–water partition coefficient (Wildman–Crippen LogP) is 0.272. The first kappa shape index (κ1) is 10.4. The highest BCUT2D eigenvalue weighted by Gasteiger charge is 2.12. The standard InChI is InChI=1S/C9H12N2O3/c1-6(9(13)14)5-11-8(12)4-3-7(2)10-11/h3-4,6H,5H2,1-2H3,(H,13,14). The summed E-state index contributed by atoms with van der Waals surface area (Å²) in [6, 6.07) is 2.99. The lowest BCUT2D eigenvalue weighted by atomic mass is 10.2. The molecule has 0 aliphatic rings. The second-order valence-electron chi connectivity index (χ2n) is 3.23. The number of rotatable bonds is 3. The van der Waals surface area contributed by atoms with Crippen molar-refractivity contribution in [3.05, 3.63) is 28.2 Å². The molecule has 5 nitrogen and oxygen atoms in total. The predicted molar refractivity (Wildman–Crippen MR) is 50.0 cm³/mol. The Morgan fingerprint density at radius 3 is 2.86 bits per heavy atom. The topological polar surface area (TPSA) is 72.2 Å². The third-order valence-electron chi connectivity index (χ3n) is 1.87. The van der Waals surface area contributed by atoms with Crippen LogP contribution in [-0.2, 0) is 11.3 Å². The number of carboxylic acid groups (broad SMARTS) is 1. The van der Waals surface area contributed by atoms with E-state index in [2.05, 4.69) is 5.10 Å². The summed E-state index contributed by atoms with van der Waals surface area (Å²) in [5, 5.41) is 12.6. The molecule has 1 N–H and O–H groups in total. The minimum Gasteiger partial charge on any atom is -0.481 e. The highest BCUT2D eigenvalue weighted by atomic mass is 16.4. The van der Waals surface area contributed by atoms with Crippen LogP contribution >= 0.6 is 0 Å². The van der Waals surface area contributed by atoms with E-state index in [1.807, 2.05) is 0 Å². The second kappa shape index (κ2) is 4.04. The van der Waals surface area contributed by atoms with Gasteiger partial charge in [0.1, 0.15) is 0 Å². The zero-order valence-corrected chi connectivity index (χ0v) is 8.10. The molecule has 1 heterocycles. The minimum atomic E-state index is -0.930. The van der Waals surface area contributed by atoms with E-state index in [1.165, 1.54) is 10.7 Å². The Kier molecular flexibility index (Phi) is 3.01. The molecule has 0 saturated carbocycles. The molecule has 76 valence electrons. The van der Waals surface area contributed by atoms with Gasteiger partial charge in [0.15, 0.2) is 0 Å². The van der Waals surface area contributed by atoms with E-state index < -0.39 is 11.9 Å². The van der Waals surface area contributed by atoms with Crippen molar-refractivity contribution in [1.82, 2.24) is 9.78 Å². The van der Waals surface area contributed by atoms with Crippen LogP contribution in [0.4, 0.5) is 0 Å². The molecule has 0 bridgehead atoms. The van der Waals surface area contributed by atoms with E-state index in [9.17, 15) is 9.59 Å². The highest BCUT2D eigenvalue weighted by molar-refractivity contribution is 5.69. The number of hydrogen-bond acceptors (Lipinski definition) is 3. The molecule has 14 heavy (non-hydrogen) atoms. The van der Waals surface area contributed by atoms with Gasteiger partial charge in [0.05, 0.1) is 18.2 Å². The summed E-state index contributed by atoms with van der Waals surface area (Å²) >= 11 is 0. The fraction of sp³-hybridized carbons (Fsp3) is 0.444. The number of carboxylic acids is 1. The van der Waals surface area contributed by atoms with Crippen LogP contribution < -0.4 is 5.56 Å². The number of nitrogens with zero attached hydrogens (tertiary/aromatic N) is 2. The van der Waals surface area contributed by atoms with Crippen LogP contribution in [0.3, 0.4) is 0 Å². The molecule has 0 aliphatic carbocycles. The van der Waals surface area contributed by atoms with Crippen molar-refractivity contribution >= 4 is 5.97 Å². The van der Waals surface area contributed by atoms with Gasteiger partial charge in [-0.05, 0) is 13.0 Å². The molecule has 0 aliphatic heterocycles. The smallest absolute Gasteiger partial charge is 0.308 e. The Morgan fingerprint density at radius 2 is 2.29 bits per heavy atom. The van der Waals surface area contributed by atoms with Gasteiger partial charge >= 0.3 is 5.97 Å². The molecule has 0 radical (unpaired) electrons. The van der Waals surface area contributed by atoms with Crippen molar-refractivity contribution < 1.29 is 9.90 Å². The molecule has 0 fully saturated rings. The first-order valence-corrected chi connectivity index (χ1v) is 4.28. The van der Waals surface area contributed by atoms with Gasteiger partial charge in [-0.25, -0.2) is 4.68 Å². The summed E-state index contributed by atoms with van der Waals surface area (Å²) in [6.07, 6.45) is 0. The average molecular weight is 196 g/mol. The molecule has 1 atom stereocenters. The van der Waals surface area contributed by atoms with Crippen molar-refractivity contribution in [2.45, 2.75) is 20.4 Å². The third kappa shape index (κ3) is 2.42. The lowest BCUT2D eigenvalue weighted by Gasteiger charge is -2.07. The maximum Gasteiger partial charge on any atom is 0.308 e. The molecule has 1 aromatic heterocycles. The molecular weight excluding hydrogens is 184 g/mol. The number of aryl methyl sites for hydroxylation is 1. The average Bonchev–Trinajstić information content (AvgIpc) is 2.11. The van der Waals surface area contributed by atoms with E-state index in [0.29, 0.717) is 5.69 Å². The van der Waals surface area contributed by atoms with Crippen molar-refractivity contribution in [3.8, 4) is 0 Å². The zero-order chi connectivity index (χ0) is 10.7. The molecule has 0 spiro atoms. The summed E-state index contributed by atoms with van der Waals surface area (Å²) in [6.45, 7) is 3.40. The van der Waals surface area contributed by atoms with Crippen LogP contribution in [0.25, 0.3) is 0 Å². The number of aromatic nitrogens is 2. The first-order valence-electron chi connectivity index (χ1n) is 4.28.